The van der Waals surface area contributed by atoms with Crippen molar-refractivity contribution in [3.8, 4) is 16.3 Å². The average Bonchev–Trinajstić information content (AvgIpc) is 3.42. The van der Waals surface area contributed by atoms with Crippen LogP contribution in [0.4, 0.5) is 20.8 Å². The van der Waals surface area contributed by atoms with Crippen molar-refractivity contribution in [3.05, 3.63) is 60.0 Å². The molecule has 2 aromatic heterocycles. The SMILES string of the molecule is CC(C)(C)OC(=O)N1CC[C@H](Oc2cc3nc(Nc4cccc(F)c4)ncc3cc2-c2nccs2)C[C@]1(C)C(=O)O. The largest absolute Gasteiger partial charge is 0.489 e. The summed E-state index contributed by atoms with van der Waals surface area (Å²) in [7, 11) is 0. The number of nitrogens with zero attached hydrogens (tertiary/aromatic N) is 4. The number of nitrogens with one attached hydrogen (secondary N) is 1. The summed E-state index contributed by atoms with van der Waals surface area (Å²) in [5.41, 5.74) is -0.505. The third kappa shape index (κ3) is 6.22. The monoisotopic (exact) mass is 579 g/mol. The zero-order valence-electron chi connectivity index (χ0n) is 23.1. The molecule has 5 rings (SSSR count). The highest BCUT2D eigenvalue weighted by atomic mass is 32.1. The van der Waals surface area contributed by atoms with Gasteiger partial charge in [0.1, 0.15) is 33.8 Å². The molecule has 0 aliphatic carbocycles. The van der Waals surface area contributed by atoms with E-state index in [0.29, 0.717) is 28.9 Å². The van der Waals surface area contributed by atoms with Crippen LogP contribution >= 0.6 is 11.3 Å². The van der Waals surface area contributed by atoms with Crippen LogP contribution < -0.4 is 10.1 Å². The highest BCUT2D eigenvalue weighted by Gasteiger charge is 2.49. The number of anilines is 2. The van der Waals surface area contributed by atoms with Gasteiger partial charge in [0, 0.05) is 54.3 Å². The van der Waals surface area contributed by atoms with Crippen molar-refractivity contribution in [3.63, 3.8) is 0 Å². The fourth-order valence-corrected chi connectivity index (χ4v) is 5.36. The summed E-state index contributed by atoms with van der Waals surface area (Å²) in [4.78, 5) is 40.0. The molecule has 214 valence electrons. The Morgan fingerprint density at radius 3 is 2.71 bits per heavy atom. The second-order valence-corrected chi connectivity index (χ2v) is 11.9. The van der Waals surface area contributed by atoms with Gasteiger partial charge < -0.3 is 19.9 Å². The van der Waals surface area contributed by atoms with Crippen LogP contribution in [-0.2, 0) is 9.53 Å². The van der Waals surface area contributed by atoms with Crippen molar-refractivity contribution in [1.82, 2.24) is 19.9 Å². The number of halogens is 1. The summed E-state index contributed by atoms with van der Waals surface area (Å²) in [6.07, 6.45) is 2.60. The Kier molecular flexibility index (Phi) is 7.52. The predicted octanol–water partition coefficient (Wildman–Crippen LogP) is 6.26. The van der Waals surface area contributed by atoms with Gasteiger partial charge in [0.2, 0.25) is 5.95 Å². The van der Waals surface area contributed by atoms with Crippen LogP contribution in [0.15, 0.2) is 54.2 Å². The molecule has 0 bridgehead atoms. The maximum Gasteiger partial charge on any atom is 0.411 e. The molecule has 3 heterocycles. The van der Waals surface area contributed by atoms with E-state index >= 15 is 0 Å². The van der Waals surface area contributed by atoms with Gasteiger partial charge in [-0.15, -0.1) is 11.3 Å². The van der Waals surface area contributed by atoms with Crippen molar-refractivity contribution < 1.29 is 28.6 Å². The molecule has 2 aromatic carbocycles. The van der Waals surface area contributed by atoms with E-state index in [9.17, 15) is 19.1 Å². The maximum atomic E-state index is 13.7. The fourth-order valence-electron chi connectivity index (χ4n) is 4.70. The third-order valence-electron chi connectivity index (χ3n) is 6.69. The predicted molar refractivity (Wildman–Crippen MR) is 153 cm³/mol. The number of benzene rings is 2. The number of ether oxygens (including phenoxy) is 2. The van der Waals surface area contributed by atoms with Crippen LogP contribution in [0, 0.1) is 5.82 Å². The number of aliphatic carboxylic acids is 1. The van der Waals surface area contributed by atoms with Crippen LogP contribution in [0.25, 0.3) is 21.5 Å². The van der Waals surface area contributed by atoms with Gasteiger partial charge in [-0.25, -0.2) is 28.9 Å². The van der Waals surface area contributed by atoms with Crippen LogP contribution in [0.3, 0.4) is 0 Å². The molecule has 10 nitrogen and oxygen atoms in total. The van der Waals surface area contributed by atoms with Gasteiger partial charge >= 0.3 is 12.1 Å². The second-order valence-electron chi connectivity index (χ2n) is 11.0. The summed E-state index contributed by atoms with van der Waals surface area (Å²) >= 11 is 1.44. The Morgan fingerprint density at radius 2 is 2.02 bits per heavy atom. The number of thiazole rings is 1. The van der Waals surface area contributed by atoms with Gasteiger partial charge in [0.15, 0.2) is 0 Å². The summed E-state index contributed by atoms with van der Waals surface area (Å²) < 4.78 is 25.6. The molecule has 12 heteroatoms. The van der Waals surface area contributed by atoms with E-state index in [1.807, 2.05) is 11.4 Å². The summed E-state index contributed by atoms with van der Waals surface area (Å²) in [6, 6.07) is 9.63. The lowest BCUT2D eigenvalue weighted by Crippen LogP contribution is -2.61. The summed E-state index contributed by atoms with van der Waals surface area (Å²) in [6.45, 7) is 6.87. The van der Waals surface area contributed by atoms with Gasteiger partial charge in [0.05, 0.1) is 11.1 Å². The Hall–Kier alpha value is -4.32. The first-order chi connectivity index (χ1) is 19.4. The number of carbonyl (C=O) groups excluding carboxylic acids is 1. The van der Waals surface area contributed by atoms with Crippen molar-refractivity contribution in [2.45, 2.75) is 57.8 Å². The Balaban J connectivity index is 1.46. The number of aromatic nitrogens is 3. The molecule has 0 unspecified atom stereocenters. The van der Waals surface area contributed by atoms with Crippen LogP contribution in [0.1, 0.15) is 40.5 Å². The molecule has 41 heavy (non-hydrogen) atoms. The quantitative estimate of drug-likeness (QED) is 0.272. The van der Waals surface area contributed by atoms with Gasteiger partial charge in [0.25, 0.3) is 0 Å². The zero-order valence-corrected chi connectivity index (χ0v) is 23.9. The standard InChI is InChI=1S/C29H30FN5O5S/c1-28(2,3)40-27(38)35-10-8-20(15-29(35,4)25(36)37)39-23-14-22-17(12-21(23)24-31-9-11-41-24)16-32-26(34-22)33-19-7-5-6-18(30)13-19/h5-7,9,11-14,16,20H,8,10,15H2,1-4H3,(H,36,37)(H,32,33,34)/t20-,29+/m0/s1. The highest BCUT2D eigenvalue weighted by Crippen LogP contribution is 2.39. The zero-order chi connectivity index (χ0) is 29.4. The lowest BCUT2D eigenvalue weighted by atomic mass is 9.87. The van der Waals surface area contributed by atoms with E-state index in [-0.39, 0.29) is 24.7 Å². The smallest absolute Gasteiger partial charge is 0.411 e. The Morgan fingerprint density at radius 1 is 1.22 bits per heavy atom. The molecule has 2 atom stereocenters. The van der Waals surface area contributed by atoms with Gasteiger partial charge in [-0.2, -0.15) is 0 Å². The summed E-state index contributed by atoms with van der Waals surface area (Å²) in [5.74, 6) is -0.770. The van der Waals surface area contributed by atoms with Crippen LogP contribution in [-0.4, -0.2) is 60.8 Å². The van der Waals surface area contributed by atoms with E-state index in [1.54, 1.807) is 51.4 Å². The van der Waals surface area contributed by atoms with Gasteiger partial charge in [-0.05, 0) is 52.0 Å². The number of amides is 1. The molecule has 1 aliphatic heterocycles. The molecule has 1 saturated heterocycles. The molecule has 1 aliphatic rings. The molecular formula is C29H30FN5O5S. The van der Waals surface area contributed by atoms with Crippen molar-refractivity contribution in [2.24, 2.45) is 0 Å². The topological polar surface area (TPSA) is 127 Å². The van der Waals surface area contributed by atoms with E-state index < -0.39 is 29.3 Å². The first-order valence-electron chi connectivity index (χ1n) is 13.1. The lowest BCUT2D eigenvalue weighted by molar-refractivity contribution is -0.154. The third-order valence-corrected chi connectivity index (χ3v) is 7.49. The van der Waals surface area contributed by atoms with E-state index in [4.69, 9.17) is 9.47 Å². The number of fused-ring (bicyclic) bond motifs is 1. The van der Waals surface area contributed by atoms with Crippen LogP contribution in [0.2, 0.25) is 0 Å². The summed E-state index contributed by atoms with van der Waals surface area (Å²) in [5, 5.41) is 16.5. The molecule has 4 aromatic rings. The first kappa shape index (κ1) is 28.2. The minimum Gasteiger partial charge on any atom is -0.489 e. The molecular weight excluding hydrogens is 549 g/mol. The number of piperidine rings is 1. The fraction of sp³-hybridized carbons (Fsp3) is 0.345. The highest BCUT2D eigenvalue weighted by molar-refractivity contribution is 7.13. The van der Waals surface area contributed by atoms with Crippen molar-refractivity contribution >= 4 is 45.9 Å². The Bertz CT molecular complexity index is 1590. The Labute approximate surface area is 240 Å². The number of carboxylic acid groups (broad SMARTS) is 1. The second kappa shape index (κ2) is 10.9. The molecule has 0 spiro atoms. The van der Waals surface area contributed by atoms with Crippen molar-refractivity contribution in [2.75, 3.05) is 11.9 Å². The van der Waals surface area contributed by atoms with Gasteiger partial charge in [-0.3, -0.25) is 4.90 Å². The number of rotatable bonds is 6. The van der Waals surface area contributed by atoms with E-state index in [0.717, 1.165) is 10.4 Å². The minimum atomic E-state index is -1.53. The van der Waals surface area contributed by atoms with E-state index in [1.165, 1.54) is 35.3 Å². The van der Waals surface area contributed by atoms with Crippen molar-refractivity contribution in [1.29, 1.82) is 0 Å². The van der Waals surface area contributed by atoms with Gasteiger partial charge in [-0.1, -0.05) is 6.07 Å². The lowest BCUT2D eigenvalue weighted by Gasteiger charge is -2.44. The number of likely N-dealkylation sites (tertiary alicyclic amines) is 1. The number of carboxylic acids is 1. The molecule has 2 N–H and O–H groups in total. The molecule has 0 radical (unpaired) electrons. The van der Waals surface area contributed by atoms with E-state index in [2.05, 4.69) is 20.3 Å². The molecule has 1 fully saturated rings. The number of hydrogen-bond acceptors (Lipinski definition) is 9. The number of hydrogen-bond donors (Lipinski definition) is 2. The molecule has 1 amide bonds. The first-order valence-corrected chi connectivity index (χ1v) is 13.9. The molecule has 0 saturated carbocycles. The minimum absolute atomic E-state index is 0.0487. The number of carbonyl (C=O) groups is 2. The normalized spacial score (nSPS) is 19.1. The average molecular weight is 580 g/mol. The van der Waals surface area contributed by atoms with Crippen LogP contribution in [0.5, 0.6) is 5.75 Å². The maximum absolute atomic E-state index is 13.7.